The predicted molar refractivity (Wildman–Crippen MR) is 79.1 cm³/mol. The average Bonchev–Trinajstić information content (AvgIpc) is 2.92. The molecule has 0 unspecified atom stereocenters. The SMILES string of the molecule is O=C(NO)c1nn(CCc2ccccc2)c2ccccc12. The van der Waals surface area contributed by atoms with E-state index >= 15 is 0 Å². The highest BCUT2D eigenvalue weighted by molar-refractivity contribution is 6.04. The number of aromatic nitrogens is 2. The zero-order valence-electron chi connectivity index (χ0n) is 11.4. The van der Waals surface area contributed by atoms with E-state index in [2.05, 4.69) is 17.2 Å². The lowest BCUT2D eigenvalue weighted by atomic mass is 10.1. The van der Waals surface area contributed by atoms with Crippen molar-refractivity contribution in [3.05, 3.63) is 65.9 Å². The zero-order valence-corrected chi connectivity index (χ0v) is 11.4. The highest BCUT2D eigenvalue weighted by atomic mass is 16.5. The van der Waals surface area contributed by atoms with Crippen LogP contribution in [0.25, 0.3) is 10.9 Å². The maximum Gasteiger partial charge on any atom is 0.295 e. The second-order valence-corrected chi connectivity index (χ2v) is 4.77. The Labute approximate surface area is 121 Å². The van der Waals surface area contributed by atoms with E-state index in [1.54, 1.807) is 10.2 Å². The van der Waals surface area contributed by atoms with Gasteiger partial charge in [0.05, 0.1) is 5.52 Å². The third-order valence-corrected chi connectivity index (χ3v) is 3.43. The van der Waals surface area contributed by atoms with Gasteiger partial charge in [-0.2, -0.15) is 5.10 Å². The van der Waals surface area contributed by atoms with Crippen molar-refractivity contribution in [1.29, 1.82) is 0 Å². The largest absolute Gasteiger partial charge is 0.295 e. The van der Waals surface area contributed by atoms with Crippen molar-refractivity contribution in [1.82, 2.24) is 15.3 Å². The Balaban J connectivity index is 1.93. The normalized spacial score (nSPS) is 10.7. The lowest BCUT2D eigenvalue weighted by Gasteiger charge is -2.03. The standard InChI is InChI=1S/C16H15N3O2/c20-16(18-21)15-13-8-4-5-9-14(13)19(17-15)11-10-12-6-2-1-3-7-12/h1-9,21H,10-11H2,(H,18,20). The van der Waals surface area contributed by atoms with Crippen LogP contribution in [0.4, 0.5) is 0 Å². The summed E-state index contributed by atoms with van der Waals surface area (Å²) in [7, 11) is 0. The Morgan fingerprint density at radius 1 is 1.10 bits per heavy atom. The first-order valence-electron chi connectivity index (χ1n) is 6.73. The topological polar surface area (TPSA) is 67.2 Å². The van der Waals surface area contributed by atoms with Crippen molar-refractivity contribution < 1.29 is 10.0 Å². The Morgan fingerprint density at radius 3 is 2.57 bits per heavy atom. The number of hydrogen-bond donors (Lipinski definition) is 2. The van der Waals surface area contributed by atoms with Gasteiger partial charge in [-0.05, 0) is 18.1 Å². The van der Waals surface area contributed by atoms with Crippen molar-refractivity contribution in [2.24, 2.45) is 0 Å². The first-order chi connectivity index (χ1) is 10.3. The van der Waals surface area contributed by atoms with Crippen molar-refractivity contribution in [2.45, 2.75) is 13.0 Å². The van der Waals surface area contributed by atoms with Crippen LogP contribution < -0.4 is 5.48 Å². The molecule has 21 heavy (non-hydrogen) atoms. The Kier molecular flexibility index (Phi) is 3.66. The van der Waals surface area contributed by atoms with Crippen molar-refractivity contribution in [3.63, 3.8) is 0 Å². The Hall–Kier alpha value is -2.66. The summed E-state index contributed by atoms with van der Waals surface area (Å²) in [6.45, 7) is 0.670. The molecule has 106 valence electrons. The highest BCUT2D eigenvalue weighted by Gasteiger charge is 2.16. The van der Waals surface area contributed by atoms with Crippen LogP contribution in [0.3, 0.4) is 0 Å². The van der Waals surface area contributed by atoms with E-state index in [1.165, 1.54) is 5.56 Å². The van der Waals surface area contributed by atoms with Crippen LogP contribution in [0.5, 0.6) is 0 Å². The van der Waals surface area contributed by atoms with Crippen molar-refractivity contribution >= 4 is 16.8 Å². The van der Waals surface area contributed by atoms with E-state index in [0.29, 0.717) is 6.54 Å². The summed E-state index contributed by atoms with van der Waals surface area (Å²) < 4.78 is 1.80. The van der Waals surface area contributed by atoms with Gasteiger partial charge in [0.2, 0.25) is 0 Å². The summed E-state index contributed by atoms with van der Waals surface area (Å²) in [5.74, 6) is -0.593. The van der Waals surface area contributed by atoms with Gasteiger partial charge in [-0.3, -0.25) is 14.7 Å². The number of aryl methyl sites for hydroxylation is 2. The molecule has 0 aliphatic heterocycles. The molecule has 0 bridgehead atoms. The van der Waals surface area contributed by atoms with Gasteiger partial charge in [0.15, 0.2) is 5.69 Å². The molecule has 0 aliphatic rings. The Morgan fingerprint density at radius 2 is 1.81 bits per heavy atom. The van der Waals surface area contributed by atoms with E-state index in [9.17, 15) is 4.79 Å². The van der Waals surface area contributed by atoms with E-state index < -0.39 is 5.91 Å². The molecule has 0 spiro atoms. The van der Waals surface area contributed by atoms with Gasteiger partial charge in [-0.1, -0.05) is 48.5 Å². The van der Waals surface area contributed by atoms with E-state index in [-0.39, 0.29) is 5.69 Å². The molecule has 0 atom stereocenters. The van der Waals surface area contributed by atoms with Crippen LogP contribution in [-0.4, -0.2) is 20.9 Å². The predicted octanol–water partition coefficient (Wildman–Crippen LogP) is 2.40. The molecule has 0 fully saturated rings. The van der Waals surface area contributed by atoms with Gasteiger partial charge in [-0.15, -0.1) is 0 Å². The smallest absolute Gasteiger partial charge is 0.288 e. The fourth-order valence-corrected chi connectivity index (χ4v) is 2.40. The molecule has 2 N–H and O–H groups in total. The van der Waals surface area contributed by atoms with Crippen LogP contribution in [0, 0.1) is 0 Å². The summed E-state index contributed by atoms with van der Waals surface area (Å²) in [4.78, 5) is 11.7. The number of benzene rings is 2. The van der Waals surface area contributed by atoms with Gasteiger partial charge >= 0.3 is 0 Å². The van der Waals surface area contributed by atoms with Crippen LogP contribution in [0.2, 0.25) is 0 Å². The molecule has 1 heterocycles. The highest BCUT2D eigenvalue weighted by Crippen LogP contribution is 2.18. The molecule has 0 aliphatic carbocycles. The fourth-order valence-electron chi connectivity index (χ4n) is 2.40. The third kappa shape index (κ3) is 2.64. The quantitative estimate of drug-likeness (QED) is 0.570. The number of carbonyl (C=O) groups is 1. The number of carbonyl (C=O) groups excluding carboxylic acids is 1. The van der Waals surface area contributed by atoms with Crippen LogP contribution >= 0.6 is 0 Å². The van der Waals surface area contributed by atoms with Crippen LogP contribution in [0.15, 0.2) is 54.6 Å². The minimum atomic E-state index is -0.593. The van der Waals surface area contributed by atoms with Crippen molar-refractivity contribution in [2.75, 3.05) is 0 Å². The van der Waals surface area contributed by atoms with E-state index in [0.717, 1.165) is 17.3 Å². The lowest BCUT2D eigenvalue weighted by molar-refractivity contribution is 0.0701. The van der Waals surface area contributed by atoms with Gasteiger partial charge in [0, 0.05) is 11.9 Å². The molecule has 1 amide bonds. The van der Waals surface area contributed by atoms with Gasteiger partial charge in [0.25, 0.3) is 5.91 Å². The minimum Gasteiger partial charge on any atom is -0.288 e. The molecule has 2 aromatic carbocycles. The number of rotatable bonds is 4. The van der Waals surface area contributed by atoms with Crippen LogP contribution in [0.1, 0.15) is 16.1 Å². The number of nitrogens with zero attached hydrogens (tertiary/aromatic N) is 2. The minimum absolute atomic E-state index is 0.237. The molecule has 0 saturated heterocycles. The fraction of sp³-hybridized carbons (Fsp3) is 0.125. The van der Waals surface area contributed by atoms with E-state index in [1.807, 2.05) is 42.5 Å². The number of para-hydroxylation sites is 1. The summed E-state index contributed by atoms with van der Waals surface area (Å²) in [6.07, 6.45) is 0.826. The molecule has 5 heteroatoms. The summed E-state index contributed by atoms with van der Waals surface area (Å²) in [6, 6.07) is 17.6. The average molecular weight is 281 g/mol. The molecule has 0 saturated carbocycles. The zero-order chi connectivity index (χ0) is 14.7. The lowest BCUT2D eigenvalue weighted by Crippen LogP contribution is -2.19. The number of nitrogens with one attached hydrogen (secondary N) is 1. The number of amides is 1. The second-order valence-electron chi connectivity index (χ2n) is 4.77. The molecule has 3 rings (SSSR count). The molecule has 5 nitrogen and oxygen atoms in total. The molecule has 3 aromatic rings. The summed E-state index contributed by atoms with van der Waals surface area (Å²) in [5, 5.41) is 13.9. The Bertz CT molecular complexity index is 766. The molecular weight excluding hydrogens is 266 g/mol. The maximum atomic E-state index is 11.7. The maximum absolute atomic E-state index is 11.7. The first-order valence-corrected chi connectivity index (χ1v) is 6.73. The molecular formula is C16H15N3O2. The summed E-state index contributed by atoms with van der Waals surface area (Å²) in [5.41, 5.74) is 3.98. The molecule has 1 aromatic heterocycles. The number of hydroxylamine groups is 1. The monoisotopic (exact) mass is 281 g/mol. The first kappa shape index (κ1) is 13.3. The van der Waals surface area contributed by atoms with E-state index in [4.69, 9.17) is 5.21 Å². The molecule has 0 radical (unpaired) electrons. The second kappa shape index (κ2) is 5.76. The van der Waals surface area contributed by atoms with Gasteiger partial charge in [0.1, 0.15) is 0 Å². The van der Waals surface area contributed by atoms with Crippen LogP contribution in [-0.2, 0) is 13.0 Å². The van der Waals surface area contributed by atoms with Crippen molar-refractivity contribution in [3.8, 4) is 0 Å². The number of fused-ring (bicyclic) bond motifs is 1. The summed E-state index contributed by atoms with van der Waals surface area (Å²) >= 11 is 0. The number of hydrogen-bond acceptors (Lipinski definition) is 3. The van der Waals surface area contributed by atoms with Gasteiger partial charge in [-0.25, -0.2) is 5.48 Å². The third-order valence-electron chi connectivity index (χ3n) is 3.43. The van der Waals surface area contributed by atoms with Gasteiger partial charge < -0.3 is 0 Å².